The Morgan fingerprint density at radius 3 is 2.60 bits per heavy atom. The number of benzene rings is 1. The third-order valence-electron chi connectivity index (χ3n) is 2.42. The number of carboxylic acid groups (broad SMARTS) is 1. The van der Waals surface area contributed by atoms with Crippen molar-refractivity contribution in [3.8, 4) is 0 Å². The van der Waals surface area contributed by atoms with Crippen LogP contribution in [-0.2, 0) is 0 Å². The Morgan fingerprint density at radius 2 is 2.00 bits per heavy atom. The van der Waals surface area contributed by atoms with E-state index in [0.29, 0.717) is 0 Å². The molecule has 7 heteroatoms. The average Bonchev–Trinajstić information content (AvgIpc) is 2.39. The van der Waals surface area contributed by atoms with Gasteiger partial charge in [0.25, 0.3) is 5.91 Å². The van der Waals surface area contributed by atoms with Gasteiger partial charge in [0.2, 0.25) is 0 Å². The van der Waals surface area contributed by atoms with Crippen LogP contribution in [0.2, 0.25) is 5.02 Å². The first-order valence-electron chi connectivity index (χ1n) is 5.43. The minimum atomic E-state index is -1.20. The van der Waals surface area contributed by atoms with E-state index in [-0.39, 0.29) is 22.0 Å². The first kappa shape index (κ1) is 14.0. The molecular weight excluding hydrogens is 287 g/mol. The lowest BCUT2D eigenvalue weighted by atomic mass is 10.1. The van der Waals surface area contributed by atoms with E-state index in [1.54, 1.807) is 0 Å². The van der Waals surface area contributed by atoms with Crippen LogP contribution >= 0.6 is 11.6 Å². The quantitative estimate of drug-likeness (QED) is 0.912. The second-order valence-electron chi connectivity index (χ2n) is 3.81. The van der Waals surface area contributed by atoms with Crippen LogP contribution in [0.15, 0.2) is 36.5 Å². The highest BCUT2D eigenvalue weighted by molar-refractivity contribution is 6.31. The number of halogens is 2. The standard InChI is InChI=1S/C13H8ClFN2O3/c14-7-1-3-9(13(19)20)11(5-7)17-12(18)10-4-2-8(15)6-16-10/h1-6H,(H,17,18)(H,19,20). The van der Waals surface area contributed by atoms with Gasteiger partial charge in [-0.3, -0.25) is 4.79 Å². The van der Waals surface area contributed by atoms with Crippen LogP contribution in [0.3, 0.4) is 0 Å². The van der Waals surface area contributed by atoms with Crippen LogP contribution in [0.1, 0.15) is 20.8 Å². The van der Waals surface area contributed by atoms with Crippen molar-refractivity contribution in [2.24, 2.45) is 0 Å². The maximum Gasteiger partial charge on any atom is 0.337 e. The molecule has 1 amide bonds. The molecule has 1 heterocycles. The minimum absolute atomic E-state index is 0.0392. The molecule has 1 aromatic carbocycles. The Morgan fingerprint density at radius 1 is 1.25 bits per heavy atom. The number of aromatic carboxylic acids is 1. The number of amides is 1. The van der Waals surface area contributed by atoms with Crippen LogP contribution in [0.5, 0.6) is 0 Å². The molecule has 102 valence electrons. The number of anilines is 1. The van der Waals surface area contributed by atoms with Gasteiger partial charge in [-0.15, -0.1) is 0 Å². The molecule has 0 unspecified atom stereocenters. The molecule has 0 spiro atoms. The van der Waals surface area contributed by atoms with Gasteiger partial charge in [0.15, 0.2) is 0 Å². The predicted octanol–water partition coefficient (Wildman–Crippen LogP) is 2.82. The van der Waals surface area contributed by atoms with E-state index in [1.165, 1.54) is 24.3 Å². The summed E-state index contributed by atoms with van der Waals surface area (Å²) in [6.45, 7) is 0. The van der Waals surface area contributed by atoms with Gasteiger partial charge in [-0.2, -0.15) is 0 Å². The van der Waals surface area contributed by atoms with Crippen LogP contribution in [0.25, 0.3) is 0 Å². The zero-order chi connectivity index (χ0) is 14.7. The van der Waals surface area contributed by atoms with E-state index in [2.05, 4.69) is 10.3 Å². The Bertz CT molecular complexity index is 674. The van der Waals surface area contributed by atoms with E-state index in [0.717, 1.165) is 12.3 Å². The molecule has 0 saturated carbocycles. The summed E-state index contributed by atoms with van der Waals surface area (Å²) in [5.74, 6) is -2.44. The maximum absolute atomic E-state index is 12.7. The van der Waals surface area contributed by atoms with Gasteiger partial charge >= 0.3 is 5.97 Å². The first-order chi connectivity index (χ1) is 9.47. The molecule has 0 bridgehead atoms. The fraction of sp³-hybridized carbons (Fsp3) is 0. The molecule has 1 aromatic heterocycles. The highest BCUT2D eigenvalue weighted by Crippen LogP contribution is 2.21. The van der Waals surface area contributed by atoms with E-state index in [1.807, 2.05) is 0 Å². The number of carboxylic acids is 1. The summed E-state index contributed by atoms with van der Waals surface area (Å²) < 4.78 is 12.7. The number of nitrogens with one attached hydrogen (secondary N) is 1. The predicted molar refractivity (Wildman–Crippen MR) is 70.6 cm³/mol. The highest BCUT2D eigenvalue weighted by atomic mass is 35.5. The number of pyridine rings is 1. The Kier molecular flexibility index (Phi) is 3.95. The summed E-state index contributed by atoms with van der Waals surface area (Å²) in [4.78, 5) is 26.5. The molecule has 0 aliphatic rings. The van der Waals surface area contributed by atoms with Gasteiger partial charge in [0, 0.05) is 5.02 Å². The van der Waals surface area contributed by atoms with Crippen molar-refractivity contribution >= 4 is 29.2 Å². The summed E-state index contributed by atoms with van der Waals surface area (Å²) >= 11 is 5.76. The van der Waals surface area contributed by atoms with Gasteiger partial charge in [-0.25, -0.2) is 14.2 Å². The van der Waals surface area contributed by atoms with Crippen LogP contribution < -0.4 is 5.32 Å². The molecule has 0 aliphatic heterocycles. The molecule has 5 nitrogen and oxygen atoms in total. The number of hydrogen-bond acceptors (Lipinski definition) is 3. The van der Waals surface area contributed by atoms with Gasteiger partial charge < -0.3 is 10.4 Å². The smallest absolute Gasteiger partial charge is 0.337 e. The number of carbonyl (C=O) groups excluding carboxylic acids is 1. The Labute approximate surface area is 118 Å². The lowest BCUT2D eigenvalue weighted by Gasteiger charge is -2.08. The van der Waals surface area contributed by atoms with Crippen molar-refractivity contribution in [3.63, 3.8) is 0 Å². The lowest BCUT2D eigenvalue weighted by Crippen LogP contribution is -2.16. The number of rotatable bonds is 3. The summed E-state index contributed by atoms with van der Waals surface area (Å²) in [6, 6.07) is 6.26. The van der Waals surface area contributed by atoms with E-state index in [9.17, 15) is 14.0 Å². The van der Waals surface area contributed by atoms with E-state index < -0.39 is 17.7 Å². The van der Waals surface area contributed by atoms with Gasteiger partial charge in [-0.1, -0.05) is 11.6 Å². The van der Waals surface area contributed by atoms with Crippen LogP contribution in [0.4, 0.5) is 10.1 Å². The Balaban J connectivity index is 2.29. The van der Waals surface area contributed by atoms with Crippen molar-refractivity contribution in [2.45, 2.75) is 0 Å². The number of aromatic nitrogens is 1. The third kappa shape index (κ3) is 3.10. The van der Waals surface area contributed by atoms with Crippen molar-refractivity contribution in [1.29, 1.82) is 0 Å². The summed E-state index contributed by atoms with van der Waals surface area (Å²) in [7, 11) is 0. The topological polar surface area (TPSA) is 79.3 Å². The van der Waals surface area contributed by atoms with Gasteiger partial charge in [0.1, 0.15) is 11.5 Å². The first-order valence-corrected chi connectivity index (χ1v) is 5.81. The minimum Gasteiger partial charge on any atom is -0.478 e. The SMILES string of the molecule is O=C(Nc1cc(Cl)ccc1C(=O)O)c1ccc(F)cn1. The molecule has 0 aliphatic carbocycles. The molecule has 0 saturated heterocycles. The maximum atomic E-state index is 12.7. The number of hydrogen-bond donors (Lipinski definition) is 2. The summed E-state index contributed by atoms with van der Waals surface area (Å²) in [6.07, 6.45) is 0.894. The van der Waals surface area contributed by atoms with Crippen LogP contribution in [-0.4, -0.2) is 22.0 Å². The molecule has 0 fully saturated rings. The molecular formula is C13H8ClFN2O3. The molecule has 2 N–H and O–H groups in total. The monoisotopic (exact) mass is 294 g/mol. The third-order valence-corrected chi connectivity index (χ3v) is 2.66. The van der Waals surface area contributed by atoms with Crippen molar-refractivity contribution < 1.29 is 19.1 Å². The van der Waals surface area contributed by atoms with Gasteiger partial charge in [0.05, 0.1) is 17.4 Å². The second kappa shape index (κ2) is 5.66. The second-order valence-corrected chi connectivity index (χ2v) is 4.25. The fourth-order valence-corrected chi connectivity index (χ4v) is 1.67. The number of carbonyl (C=O) groups is 2. The Hall–Kier alpha value is -2.47. The summed E-state index contributed by atoms with van der Waals surface area (Å²) in [5.41, 5.74) is -0.103. The molecule has 2 aromatic rings. The fourth-order valence-electron chi connectivity index (χ4n) is 1.50. The molecule has 0 atom stereocenters. The van der Waals surface area contributed by atoms with Crippen molar-refractivity contribution in [1.82, 2.24) is 4.98 Å². The van der Waals surface area contributed by atoms with Crippen molar-refractivity contribution in [3.05, 3.63) is 58.6 Å². The molecule has 0 radical (unpaired) electrons. The lowest BCUT2D eigenvalue weighted by molar-refractivity contribution is 0.0698. The zero-order valence-corrected chi connectivity index (χ0v) is 10.7. The van der Waals surface area contributed by atoms with Crippen LogP contribution in [0, 0.1) is 5.82 Å². The molecule has 2 rings (SSSR count). The molecule has 20 heavy (non-hydrogen) atoms. The average molecular weight is 295 g/mol. The largest absolute Gasteiger partial charge is 0.478 e. The highest BCUT2D eigenvalue weighted by Gasteiger charge is 2.14. The van der Waals surface area contributed by atoms with Crippen molar-refractivity contribution in [2.75, 3.05) is 5.32 Å². The van der Waals surface area contributed by atoms with E-state index >= 15 is 0 Å². The number of nitrogens with zero attached hydrogens (tertiary/aromatic N) is 1. The normalized spacial score (nSPS) is 10.1. The van der Waals surface area contributed by atoms with Gasteiger partial charge in [-0.05, 0) is 30.3 Å². The van der Waals surface area contributed by atoms with E-state index in [4.69, 9.17) is 16.7 Å². The zero-order valence-electron chi connectivity index (χ0n) is 9.93. The summed E-state index contributed by atoms with van der Waals surface area (Å²) in [5, 5.41) is 11.7.